The van der Waals surface area contributed by atoms with Crippen LogP contribution in [0, 0.1) is 5.92 Å². The minimum atomic E-state index is -0.558. The van der Waals surface area contributed by atoms with E-state index < -0.39 is 11.7 Å². The average Bonchev–Trinajstić information content (AvgIpc) is 3.09. The van der Waals surface area contributed by atoms with E-state index in [1.165, 1.54) is 4.68 Å². The van der Waals surface area contributed by atoms with Gasteiger partial charge in [0, 0.05) is 24.9 Å². The molecule has 0 radical (unpaired) electrons. The fourth-order valence-electron chi connectivity index (χ4n) is 3.77. The number of fused-ring (bicyclic) bond motifs is 1. The van der Waals surface area contributed by atoms with E-state index in [-0.39, 0.29) is 30.0 Å². The summed E-state index contributed by atoms with van der Waals surface area (Å²) in [4.78, 5) is 36.8. The number of alkyl carbamates (subject to hydrolysis) is 1. The van der Waals surface area contributed by atoms with Crippen molar-refractivity contribution in [2.45, 2.75) is 58.2 Å². The Bertz CT molecular complexity index is 992. The zero-order valence-electron chi connectivity index (χ0n) is 17.9. The van der Waals surface area contributed by atoms with E-state index >= 15 is 0 Å². The van der Waals surface area contributed by atoms with Gasteiger partial charge in [0.2, 0.25) is 0 Å². The molecule has 1 N–H and O–H groups in total. The molecule has 2 atom stereocenters. The van der Waals surface area contributed by atoms with Gasteiger partial charge in [0.05, 0.1) is 17.5 Å². The van der Waals surface area contributed by atoms with E-state index in [2.05, 4.69) is 10.4 Å². The molecule has 2 unspecified atom stereocenters. The molecule has 1 saturated carbocycles. The van der Waals surface area contributed by atoms with Gasteiger partial charge in [-0.15, -0.1) is 0 Å². The summed E-state index contributed by atoms with van der Waals surface area (Å²) in [7, 11) is 1.57. The first kappa shape index (κ1) is 21.8. The molecule has 0 spiro atoms. The summed E-state index contributed by atoms with van der Waals surface area (Å²) in [5, 5.41) is 8.21. The lowest BCUT2D eigenvalue weighted by molar-refractivity contribution is -0.149. The van der Waals surface area contributed by atoms with E-state index in [1.807, 2.05) is 26.8 Å². The Kier molecular flexibility index (Phi) is 6.43. The fourth-order valence-corrected chi connectivity index (χ4v) is 3.77. The Hall–Kier alpha value is -2.90. The molecule has 0 saturated heterocycles. The van der Waals surface area contributed by atoms with Crippen LogP contribution in [0.1, 0.15) is 45.7 Å². The van der Waals surface area contributed by atoms with Crippen molar-refractivity contribution in [3.8, 4) is 0 Å². The molecular formula is C22H29N3O5. The maximum absolute atomic E-state index is 12.6. The van der Waals surface area contributed by atoms with E-state index in [0.717, 1.165) is 19.3 Å². The molecule has 8 heteroatoms. The fraction of sp³-hybridized carbons (Fsp3) is 0.545. The summed E-state index contributed by atoms with van der Waals surface area (Å²) in [5.74, 6) is -0.341. The van der Waals surface area contributed by atoms with Gasteiger partial charge < -0.3 is 14.8 Å². The highest BCUT2D eigenvalue weighted by Gasteiger charge is 2.31. The van der Waals surface area contributed by atoms with Gasteiger partial charge in [-0.05, 0) is 46.1 Å². The van der Waals surface area contributed by atoms with Gasteiger partial charge in [-0.1, -0.05) is 18.2 Å². The third kappa shape index (κ3) is 5.37. The number of esters is 1. The van der Waals surface area contributed by atoms with E-state index in [4.69, 9.17) is 9.47 Å². The first-order valence-electron chi connectivity index (χ1n) is 10.3. The minimum absolute atomic E-state index is 0.0165. The second-order valence-electron chi connectivity index (χ2n) is 8.70. The van der Waals surface area contributed by atoms with Crippen molar-refractivity contribution < 1.29 is 19.1 Å². The van der Waals surface area contributed by atoms with Crippen molar-refractivity contribution in [3.05, 3.63) is 40.3 Å². The topological polar surface area (TPSA) is 99.5 Å². The van der Waals surface area contributed by atoms with Crippen LogP contribution in [0.15, 0.2) is 29.1 Å². The SMILES string of the molecule is Cn1nc(CC(=O)OC2CCCC2CNC(=O)OC(C)(C)C)c2ccccc2c1=O. The summed E-state index contributed by atoms with van der Waals surface area (Å²) < 4.78 is 12.2. The molecule has 0 bridgehead atoms. The van der Waals surface area contributed by atoms with Gasteiger partial charge in [0.1, 0.15) is 11.7 Å². The molecule has 1 amide bonds. The molecule has 1 aliphatic rings. The van der Waals surface area contributed by atoms with Crippen molar-refractivity contribution in [2.75, 3.05) is 6.54 Å². The number of hydrogen-bond acceptors (Lipinski definition) is 6. The Labute approximate surface area is 175 Å². The van der Waals surface area contributed by atoms with Crippen LogP contribution in [-0.4, -0.2) is 40.1 Å². The van der Waals surface area contributed by atoms with E-state index in [0.29, 0.717) is 23.0 Å². The number of nitrogens with one attached hydrogen (secondary N) is 1. The Morgan fingerprint density at radius 1 is 1.20 bits per heavy atom. The van der Waals surface area contributed by atoms with Crippen LogP contribution in [0.3, 0.4) is 0 Å². The summed E-state index contributed by atoms with van der Waals surface area (Å²) in [6.45, 7) is 5.82. The number of rotatable bonds is 5. The van der Waals surface area contributed by atoms with E-state index in [9.17, 15) is 14.4 Å². The largest absolute Gasteiger partial charge is 0.462 e. The number of amides is 1. The number of nitrogens with zero attached hydrogens (tertiary/aromatic N) is 2. The van der Waals surface area contributed by atoms with Gasteiger partial charge in [0.25, 0.3) is 5.56 Å². The summed E-state index contributed by atoms with van der Waals surface area (Å²) in [5.41, 5.74) is -0.247. The second kappa shape index (κ2) is 8.85. The molecule has 162 valence electrons. The molecule has 1 aromatic carbocycles. The number of hydrogen-bond donors (Lipinski definition) is 1. The third-order valence-corrected chi connectivity index (χ3v) is 5.12. The number of carbonyl (C=O) groups excluding carboxylic acids is 2. The average molecular weight is 415 g/mol. The van der Waals surface area contributed by atoms with Crippen LogP contribution in [0.4, 0.5) is 4.79 Å². The van der Waals surface area contributed by atoms with Crippen molar-refractivity contribution in [3.63, 3.8) is 0 Å². The zero-order valence-corrected chi connectivity index (χ0v) is 17.9. The van der Waals surface area contributed by atoms with Crippen molar-refractivity contribution in [1.82, 2.24) is 15.1 Å². The molecule has 30 heavy (non-hydrogen) atoms. The quantitative estimate of drug-likeness (QED) is 0.754. The van der Waals surface area contributed by atoms with Crippen LogP contribution in [0.2, 0.25) is 0 Å². The molecule has 0 aliphatic heterocycles. The zero-order chi connectivity index (χ0) is 21.9. The monoisotopic (exact) mass is 415 g/mol. The molecular weight excluding hydrogens is 386 g/mol. The Balaban J connectivity index is 1.62. The minimum Gasteiger partial charge on any atom is -0.462 e. The number of carbonyl (C=O) groups is 2. The molecule has 3 rings (SSSR count). The third-order valence-electron chi connectivity index (χ3n) is 5.12. The Morgan fingerprint density at radius 3 is 2.60 bits per heavy atom. The van der Waals surface area contributed by atoms with Crippen LogP contribution in [0.5, 0.6) is 0 Å². The van der Waals surface area contributed by atoms with Gasteiger partial charge in [-0.2, -0.15) is 5.10 Å². The lowest BCUT2D eigenvalue weighted by Crippen LogP contribution is -2.38. The van der Waals surface area contributed by atoms with Crippen LogP contribution < -0.4 is 10.9 Å². The highest BCUT2D eigenvalue weighted by molar-refractivity contribution is 5.86. The molecule has 1 aromatic heterocycles. The molecule has 1 fully saturated rings. The second-order valence-corrected chi connectivity index (χ2v) is 8.70. The normalized spacial score (nSPS) is 18.9. The van der Waals surface area contributed by atoms with Crippen molar-refractivity contribution >= 4 is 22.8 Å². The van der Waals surface area contributed by atoms with Crippen LogP contribution >= 0.6 is 0 Å². The van der Waals surface area contributed by atoms with Crippen molar-refractivity contribution in [1.29, 1.82) is 0 Å². The predicted octanol–water partition coefficient (Wildman–Crippen LogP) is 2.71. The maximum atomic E-state index is 12.6. The number of ether oxygens (including phenoxy) is 2. The van der Waals surface area contributed by atoms with E-state index in [1.54, 1.807) is 25.2 Å². The lowest BCUT2D eigenvalue weighted by Gasteiger charge is -2.23. The first-order valence-corrected chi connectivity index (χ1v) is 10.3. The summed E-state index contributed by atoms with van der Waals surface area (Å²) >= 11 is 0. The van der Waals surface area contributed by atoms with Gasteiger partial charge in [0.15, 0.2) is 0 Å². The van der Waals surface area contributed by atoms with Gasteiger partial charge in [-0.25, -0.2) is 9.48 Å². The summed E-state index contributed by atoms with van der Waals surface area (Å²) in [6, 6.07) is 7.11. The van der Waals surface area contributed by atoms with Gasteiger partial charge >= 0.3 is 12.1 Å². The number of benzene rings is 1. The van der Waals surface area contributed by atoms with Crippen LogP contribution in [-0.2, 0) is 27.7 Å². The number of aryl methyl sites for hydroxylation is 1. The number of aromatic nitrogens is 2. The summed E-state index contributed by atoms with van der Waals surface area (Å²) in [6.07, 6.45) is 1.81. The maximum Gasteiger partial charge on any atom is 0.407 e. The Morgan fingerprint density at radius 2 is 1.90 bits per heavy atom. The molecule has 1 heterocycles. The highest BCUT2D eigenvalue weighted by Crippen LogP contribution is 2.28. The molecule has 1 aliphatic carbocycles. The first-order chi connectivity index (χ1) is 14.1. The standard InChI is InChI=1S/C22H29N3O5/c1-22(2,3)30-21(28)23-13-14-8-7-11-18(14)29-19(26)12-17-15-9-5-6-10-16(15)20(27)25(4)24-17/h5-6,9-10,14,18H,7-8,11-13H2,1-4H3,(H,23,28). The highest BCUT2D eigenvalue weighted by atomic mass is 16.6. The van der Waals surface area contributed by atoms with Crippen molar-refractivity contribution in [2.24, 2.45) is 13.0 Å². The van der Waals surface area contributed by atoms with Crippen LogP contribution in [0.25, 0.3) is 10.8 Å². The predicted molar refractivity (Wildman–Crippen MR) is 112 cm³/mol. The smallest absolute Gasteiger partial charge is 0.407 e. The lowest BCUT2D eigenvalue weighted by atomic mass is 10.1. The molecule has 8 nitrogen and oxygen atoms in total. The van der Waals surface area contributed by atoms with Gasteiger partial charge in [-0.3, -0.25) is 9.59 Å². The molecule has 2 aromatic rings.